The first-order valence-corrected chi connectivity index (χ1v) is 5.48. The van der Waals surface area contributed by atoms with Crippen molar-refractivity contribution in [1.82, 2.24) is 9.78 Å². The van der Waals surface area contributed by atoms with Crippen LogP contribution in [-0.2, 0) is 6.42 Å². The molecule has 0 unspecified atom stereocenters. The zero-order valence-corrected chi connectivity index (χ0v) is 9.86. The fourth-order valence-corrected chi connectivity index (χ4v) is 1.83. The smallest absolute Gasteiger partial charge is 0.233 e. The number of rotatable bonds is 2. The molecule has 16 heavy (non-hydrogen) atoms. The van der Waals surface area contributed by atoms with E-state index < -0.39 is 0 Å². The number of nitrogens with zero attached hydrogens (tertiary/aromatic N) is 2. The fourth-order valence-electron chi connectivity index (χ4n) is 1.83. The van der Waals surface area contributed by atoms with E-state index in [1.807, 2.05) is 35.9 Å². The van der Waals surface area contributed by atoms with Gasteiger partial charge in [-0.05, 0) is 32.4 Å². The van der Waals surface area contributed by atoms with Crippen molar-refractivity contribution in [2.45, 2.75) is 27.2 Å². The lowest BCUT2D eigenvalue weighted by atomic mass is 10.2. The molecule has 0 fully saturated rings. The second-order valence-corrected chi connectivity index (χ2v) is 4.00. The fraction of sp³-hybridized carbons (Fsp3) is 0.308. The van der Waals surface area contributed by atoms with E-state index in [0.29, 0.717) is 0 Å². The van der Waals surface area contributed by atoms with Gasteiger partial charge in [-0.2, -0.15) is 0 Å². The van der Waals surface area contributed by atoms with Gasteiger partial charge in [-0.1, -0.05) is 24.6 Å². The van der Waals surface area contributed by atoms with Gasteiger partial charge in [0.15, 0.2) is 0 Å². The minimum Gasteiger partial charge on any atom is -0.492 e. The van der Waals surface area contributed by atoms with E-state index in [0.717, 1.165) is 23.4 Å². The minimum atomic E-state index is 0.123. The highest BCUT2D eigenvalue weighted by Crippen LogP contribution is 2.22. The molecule has 1 aromatic heterocycles. The molecule has 0 saturated heterocycles. The van der Waals surface area contributed by atoms with Crippen LogP contribution in [0.1, 0.15) is 23.7 Å². The molecular weight excluding hydrogens is 200 g/mol. The van der Waals surface area contributed by atoms with Gasteiger partial charge >= 0.3 is 0 Å². The van der Waals surface area contributed by atoms with Crippen LogP contribution >= 0.6 is 0 Å². The molecule has 0 radical (unpaired) electrons. The molecule has 0 spiro atoms. The summed E-state index contributed by atoms with van der Waals surface area (Å²) in [7, 11) is 0. The molecule has 0 atom stereocenters. The van der Waals surface area contributed by atoms with Gasteiger partial charge in [0.25, 0.3) is 0 Å². The third-order valence-corrected chi connectivity index (χ3v) is 2.83. The Kier molecular flexibility index (Phi) is 2.69. The lowest BCUT2D eigenvalue weighted by molar-refractivity contribution is 0.444. The zero-order chi connectivity index (χ0) is 11.7. The van der Waals surface area contributed by atoms with Crippen molar-refractivity contribution >= 4 is 0 Å². The van der Waals surface area contributed by atoms with Crippen LogP contribution in [0.4, 0.5) is 0 Å². The van der Waals surface area contributed by atoms with Crippen molar-refractivity contribution < 1.29 is 5.11 Å². The Morgan fingerprint density at radius 1 is 1.19 bits per heavy atom. The molecule has 0 saturated carbocycles. The summed E-state index contributed by atoms with van der Waals surface area (Å²) in [6, 6.07) is 8.12. The SMILES string of the molecule is CCc1c(C)c(O)nn1-c1ccc(C)cc1. The van der Waals surface area contributed by atoms with Crippen LogP contribution in [0.25, 0.3) is 5.69 Å². The van der Waals surface area contributed by atoms with Crippen molar-refractivity contribution in [1.29, 1.82) is 0 Å². The quantitative estimate of drug-likeness (QED) is 0.838. The van der Waals surface area contributed by atoms with Crippen molar-refractivity contribution in [3.05, 3.63) is 41.1 Å². The molecule has 0 amide bonds. The van der Waals surface area contributed by atoms with E-state index in [-0.39, 0.29) is 5.88 Å². The summed E-state index contributed by atoms with van der Waals surface area (Å²) in [5.74, 6) is 0.123. The van der Waals surface area contributed by atoms with Crippen LogP contribution in [-0.4, -0.2) is 14.9 Å². The number of benzene rings is 1. The van der Waals surface area contributed by atoms with Gasteiger partial charge in [-0.15, -0.1) is 5.10 Å². The molecule has 0 aliphatic heterocycles. The Balaban J connectivity index is 2.55. The lowest BCUT2D eigenvalue weighted by Crippen LogP contribution is -2.01. The molecule has 84 valence electrons. The van der Waals surface area contributed by atoms with Gasteiger partial charge in [-0.25, -0.2) is 4.68 Å². The maximum Gasteiger partial charge on any atom is 0.233 e. The second kappa shape index (κ2) is 4.00. The predicted molar refractivity (Wildman–Crippen MR) is 64.1 cm³/mol. The van der Waals surface area contributed by atoms with Crippen LogP contribution in [0.3, 0.4) is 0 Å². The summed E-state index contributed by atoms with van der Waals surface area (Å²) in [6.45, 7) is 6.01. The van der Waals surface area contributed by atoms with Gasteiger partial charge in [0.2, 0.25) is 5.88 Å². The Labute approximate surface area is 95.3 Å². The van der Waals surface area contributed by atoms with E-state index in [1.54, 1.807) is 0 Å². The summed E-state index contributed by atoms with van der Waals surface area (Å²) in [5, 5.41) is 13.8. The van der Waals surface area contributed by atoms with Crippen LogP contribution in [0.5, 0.6) is 5.88 Å². The summed E-state index contributed by atoms with van der Waals surface area (Å²) in [4.78, 5) is 0. The predicted octanol–water partition coefficient (Wildman–Crippen LogP) is 2.76. The average Bonchev–Trinajstić information content (AvgIpc) is 2.56. The minimum absolute atomic E-state index is 0.123. The molecule has 0 aliphatic carbocycles. The van der Waals surface area contributed by atoms with E-state index in [2.05, 4.69) is 18.9 Å². The average molecular weight is 216 g/mol. The Hall–Kier alpha value is -1.77. The van der Waals surface area contributed by atoms with E-state index in [1.165, 1.54) is 5.56 Å². The molecule has 2 aromatic rings. The number of hydrogen-bond donors (Lipinski definition) is 1. The van der Waals surface area contributed by atoms with Crippen LogP contribution in [0, 0.1) is 13.8 Å². The molecule has 1 N–H and O–H groups in total. The van der Waals surface area contributed by atoms with Crippen molar-refractivity contribution in [3.8, 4) is 11.6 Å². The van der Waals surface area contributed by atoms with Gasteiger partial charge in [0.05, 0.1) is 11.4 Å². The van der Waals surface area contributed by atoms with Gasteiger partial charge in [0, 0.05) is 5.56 Å². The van der Waals surface area contributed by atoms with Crippen LogP contribution in [0.2, 0.25) is 0 Å². The summed E-state index contributed by atoms with van der Waals surface area (Å²) in [5.41, 5.74) is 4.13. The first kappa shape index (κ1) is 10.7. The summed E-state index contributed by atoms with van der Waals surface area (Å²) in [6.07, 6.45) is 0.854. The first-order chi connectivity index (χ1) is 7.63. The number of hydrogen-bond acceptors (Lipinski definition) is 2. The molecule has 1 heterocycles. The van der Waals surface area contributed by atoms with Gasteiger partial charge in [-0.3, -0.25) is 0 Å². The molecule has 3 heteroatoms. The highest BCUT2D eigenvalue weighted by Gasteiger charge is 2.12. The maximum absolute atomic E-state index is 9.64. The first-order valence-electron chi connectivity index (χ1n) is 5.48. The molecule has 2 rings (SSSR count). The standard InChI is InChI=1S/C13H16N2O/c1-4-12-10(3)13(16)14-15(12)11-7-5-9(2)6-8-11/h5-8H,4H2,1-3H3,(H,14,16). The van der Waals surface area contributed by atoms with Crippen LogP contribution < -0.4 is 0 Å². The van der Waals surface area contributed by atoms with Gasteiger partial charge in [0.1, 0.15) is 0 Å². The van der Waals surface area contributed by atoms with Crippen molar-refractivity contribution in [2.24, 2.45) is 0 Å². The molecule has 3 nitrogen and oxygen atoms in total. The van der Waals surface area contributed by atoms with Crippen LogP contribution in [0.15, 0.2) is 24.3 Å². The lowest BCUT2D eigenvalue weighted by Gasteiger charge is -2.06. The van der Waals surface area contributed by atoms with E-state index >= 15 is 0 Å². The van der Waals surface area contributed by atoms with Gasteiger partial charge < -0.3 is 5.11 Å². The zero-order valence-electron chi connectivity index (χ0n) is 9.86. The maximum atomic E-state index is 9.64. The highest BCUT2D eigenvalue weighted by molar-refractivity contribution is 5.40. The third-order valence-electron chi connectivity index (χ3n) is 2.83. The molecular formula is C13H16N2O. The van der Waals surface area contributed by atoms with E-state index in [9.17, 15) is 5.11 Å². The Bertz CT molecular complexity index is 497. The molecule has 0 bridgehead atoms. The number of aromatic hydroxyl groups is 1. The van der Waals surface area contributed by atoms with E-state index in [4.69, 9.17) is 0 Å². The number of aromatic nitrogens is 2. The summed E-state index contributed by atoms with van der Waals surface area (Å²) < 4.78 is 1.81. The normalized spacial score (nSPS) is 10.7. The van der Waals surface area contributed by atoms with Crippen molar-refractivity contribution in [3.63, 3.8) is 0 Å². The topological polar surface area (TPSA) is 38.1 Å². The highest BCUT2D eigenvalue weighted by atomic mass is 16.3. The third kappa shape index (κ3) is 1.69. The molecule has 1 aromatic carbocycles. The number of aryl methyl sites for hydroxylation is 1. The monoisotopic (exact) mass is 216 g/mol. The van der Waals surface area contributed by atoms with Crippen molar-refractivity contribution in [2.75, 3.05) is 0 Å². The summed E-state index contributed by atoms with van der Waals surface area (Å²) >= 11 is 0. The Morgan fingerprint density at radius 2 is 1.81 bits per heavy atom. The second-order valence-electron chi connectivity index (χ2n) is 4.00. The molecule has 0 aliphatic rings. The largest absolute Gasteiger partial charge is 0.492 e. The Morgan fingerprint density at radius 3 is 2.38 bits per heavy atom.